The minimum Gasteiger partial charge on any atom is -0.381 e. The number of aryl methyl sites for hydroxylation is 1. The van der Waals surface area contributed by atoms with Gasteiger partial charge in [0.15, 0.2) is 5.13 Å². The molecule has 2 aliphatic rings. The summed E-state index contributed by atoms with van der Waals surface area (Å²) in [5.74, 6) is 0.366. The zero-order valence-corrected chi connectivity index (χ0v) is 14.6. The Balaban J connectivity index is 1.52. The molecule has 1 aromatic rings. The number of nitrogens with zero attached hydrogens (tertiary/aromatic N) is 3. The van der Waals surface area contributed by atoms with E-state index in [-0.39, 0.29) is 17.9 Å². The Morgan fingerprint density at radius 1 is 1.39 bits per heavy atom. The van der Waals surface area contributed by atoms with E-state index in [1.54, 1.807) is 11.3 Å². The first kappa shape index (κ1) is 16.7. The van der Waals surface area contributed by atoms with E-state index >= 15 is 0 Å². The Morgan fingerprint density at radius 2 is 2.09 bits per heavy atom. The number of rotatable bonds is 4. The average Bonchev–Trinajstić information content (AvgIpc) is 3.10. The molecule has 0 spiro atoms. The topological polar surface area (TPSA) is 71.7 Å². The van der Waals surface area contributed by atoms with Gasteiger partial charge in [0.2, 0.25) is 5.91 Å². The SMILES string of the molecule is CCc1cnc(N2CCN(C(=O)C(N)C3CCOCC3)CC2)s1. The van der Waals surface area contributed by atoms with Crippen LogP contribution in [0, 0.1) is 5.92 Å². The molecular formula is C16H26N4O2S. The van der Waals surface area contributed by atoms with Crippen LogP contribution in [0.2, 0.25) is 0 Å². The Morgan fingerprint density at radius 3 is 2.70 bits per heavy atom. The number of nitrogens with two attached hydrogens (primary N) is 1. The summed E-state index contributed by atoms with van der Waals surface area (Å²) < 4.78 is 5.36. The number of hydrogen-bond acceptors (Lipinski definition) is 6. The fourth-order valence-electron chi connectivity index (χ4n) is 3.21. The van der Waals surface area contributed by atoms with Gasteiger partial charge in [-0.2, -0.15) is 0 Å². The summed E-state index contributed by atoms with van der Waals surface area (Å²) in [7, 11) is 0. The van der Waals surface area contributed by atoms with Crippen molar-refractivity contribution in [1.82, 2.24) is 9.88 Å². The fourth-order valence-corrected chi connectivity index (χ4v) is 4.11. The number of anilines is 1. The third-order valence-corrected chi connectivity index (χ3v) is 6.01. The van der Waals surface area contributed by atoms with Crippen molar-refractivity contribution in [3.63, 3.8) is 0 Å². The number of hydrogen-bond donors (Lipinski definition) is 1. The van der Waals surface area contributed by atoms with Crippen LogP contribution in [0.5, 0.6) is 0 Å². The van der Waals surface area contributed by atoms with Crippen molar-refractivity contribution in [3.05, 3.63) is 11.1 Å². The summed E-state index contributed by atoms with van der Waals surface area (Å²) in [5, 5.41) is 1.07. The molecule has 23 heavy (non-hydrogen) atoms. The van der Waals surface area contributed by atoms with Gasteiger partial charge in [0.1, 0.15) is 0 Å². The molecule has 0 aliphatic carbocycles. The van der Waals surface area contributed by atoms with Gasteiger partial charge >= 0.3 is 0 Å². The predicted molar refractivity (Wildman–Crippen MR) is 91.8 cm³/mol. The maximum atomic E-state index is 12.6. The van der Waals surface area contributed by atoms with Gasteiger partial charge in [0.05, 0.1) is 6.04 Å². The second-order valence-electron chi connectivity index (χ2n) is 6.25. The Labute approximate surface area is 141 Å². The molecule has 0 saturated carbocycles. The van der Waals surface area contributed by atoms with Crippen LogP contribution in [0.4, 0.5) is 5.13 Å². The van der Waals surface area contributed by atoms with Crippen LogP contribution in [0.25, 0.3) is 0 Å². The van der Waals surface area contributed by atoms with E-state index in [4.69, 9.17) is 10.5 Å². The number of amides is 1. The normalized spacial score (nSPS) is 21.5. The highest BCUT2D eigenvalue weighted by Crippen LogP contribution is 2.24. The number of carbonyl (C=O) groups is 1. The molecule has 1 atom stereocenters. The van der Waals surface area contributed by atoms with Crippen molar-refractivity contribution < 1.29 is 9.53 Å². The molecule has 1 aromatic heterocycles. The van der Waals surface area contributed by atoms with Crippen molar-refractivity contribution in [3.8, 4) is 0 Å². The van der Waals surface area contributed by atoms with Crippen LogP contribution in [0.3, 0.4) is 0 Å². The van der Waals surface area contributed by atoms with Crippen LogP contribution in [-0.4, -0.2) is 61.2 Å². The summed E-state index contributed by atoms with van der Waals surface area (Å²) in [4.78, 5) is 22.6. The summed E-state index contributed by atoms with van der Waals surface area (Å²) >= 11 is 1.75. The van der Waals surface area contributed by atoms with Crippen molar-refractivity contribution >= 4 is 22.4 Å². The molecule has 2 aliphatic heterocycles. The zero-order chi connectivity index (χ0) is 16.2. The maximum Gasteiger partial charge on any atom is 0.239 e. The van der Waals surface area contributed by atoms with Crippen LogP contribution in [-0.2, 0) is 16.0 Å². The number of carbonyl (C=O) groups excluding carboxylic acids is 1. The zero-order valence-electron chi connectivity index (χ0n) is 13.7. The minimum atomic E-state index is -0.378. The van der Waals surface area contributed by atoms with E-state index in [2.05, 4.69) is 16.8 Å². The first-order valence-corrected chi connectivity index (χ1v) is 9.32. The van der Waals surface area contributed by atoms with Crippen LogP contribution >= 0.6 is 11.3 Å². The number of ether oxygens (including phenoxy) is 1. The minimum absolute atomic E-state index is 0.102. The first-order valence-electron chi connectivity index (χ1n) is 8.50. The van der Waals surface area contributed by atoms with Crippen molar-refractivity contribution in [2.24, 2.45) is 11.7 Å². The monoisotopic (exact) mass is 338 g/mol. The van der Waals surface area contributed by atoms with Crippen molar-refractivity contribution in [2.45, 2.75) is 32.2 Å². The quantitative estimate of drug-likeness (QED) is 0.890. The average molecular weight is 338 g/mol. The van der Waals surface area contributed by atoms with Gasteiger partial charge in [-0.3, -0.25) is 4.79 Å². The molecule has 3 heterocycles. The molecule has 2 N–H and O–H groups in total. The van der Waals surface area contributed by atoms with E-state index in [0.717, 1.165) is 63.8 Å². The number of piperazine rings is 1. The molecule has 3 rings (SSSR count). The molecular weight excluding hydrogens is 312 g/mol. The second-order valence-corrected chi connectivity index (χ2v) is 7.34. The van der Waals surface area contributed by atoms with Crippen LogP contribution in [0.1, 0.15) is 24.6 Å². The summed E-state index contributed by atoms with van der Waals surface area (Å²) in [5.41, 5.74) is 6.22. The van der Waals surface area contributed by atoms with E-state index in [1.165, 1.54) is 4.88 Å². The van der Waals surface area contributed by atoms with Gasteiger partial charge in [-0.1, -0.05) is 6.92 Å². The van der Waals surface area contributed by atoms with Crippen LogP contribution in [0.15, 0.2) is 6.20 Å². The molecule has 0 aromatic carbocycles. The third-order valence-electron chi connectivity index (χ3n) is 4.81. The Hall–Kier alpha value is -1.18. The molecule has 1 amide bonds. The summed E-state index contributed by atoms with van der Waals surface area (Å²) in [6.07, 6.45) is 4.77. The largest absolute Gasteiger partial charge is 0.381 e. The summed E-state index contributed by atoms with van der Waals surface area (Å²) in [6.45, 7) is 6.73. The molecule has 0 radical (unpaired) electrons. The fraction of sp³-hybridized carbons (Fsp3) is 0.750. The Kier molecular flexibility index (Phi) is 5.50. The van der Waals surface area contributed by atoms with Crippen LogP contribution < -0.4 is 10.6 Å². The van der Waals surface area contributed by atoms with Gasteiger partial charge in [-0.25, -0.2) is 4.98 Å². The van der Waals surface area contributed by atoms with Gasteiger partial charge < -0.3 is 20.3 Å². The molecule has 2 fully saturated rings. The lowest BCUT2D eigenvalue weighted by atomic mass is 9.91. The van der Waals surface area contributed by atoms with Gasteiger partial charge in [0.25, 0.3) is 0 Å². The van der Waals surface area contributed by atoms with Gasteiger partial charge in [-0.05, 0) is 25.2 Å². The van der Waals surface area contributed by atoms with Crippen molar-refractivity contribution in [1.29, 1.82) is 0 Å². The molecule has 1 unspecified atom stereocenters. The first-order chi connectivity index (χ1) is 11.2. The number of thiazole rings is 1. The highest BCUT2D eigenvalue weighted by atomic mass is 32.1. The lowest BCUT2D eigenvalue weighted by Crippen LogP contribution is -2.55. The lowest BCUT2D eigenvalue weighted by molar-refractivity contribution is -0.135. The van der Waals surface area contributed by atoms with E-state index in [9.17, 15) is 4.79 Å². The predicted octanol–water partition coefficient (Wildman–Crippen LogP) is 1.11. The van der Waals surface area contributed by atoms with Crippen molar-refractivity contribution in [2.75, 3.05) is 44.3 Å². The lowest BCUT2D eigenvalue weighted by Gasteiger charge is -2.37. The Bertz CT molecular complexity index is 522. The molecule has 0 bridgehead atoms. The maximum absolute atomic E-state index is 12.6. The highest BCUT2D eigenvalue weighted by molar-refractivity contribution is 7.15. The van der Waals surface area contributed by atoms with Gasteiger partial charge in [0, 0.05) is 50.5 Å². The molecule has 7 heteroatoms. The second kappa shape index (κ2) is 7.59. The number of aromatic nitrogens is 1. The summed E-state index contributed by atoms with van der Waals surface area (Å²) in [6, 6.07) is -0.378. The van der Waals surface area contributed by atoms with E-state index in [1.807, 2.05) is 11.1 Å². The van der Waals surface area contributed by atoms with Gasteiger partial charge in [-0.15, -0.1) is 11.3 Å². The smallest absolute Gasteiger partial charge is 0.239 e. The standard InChI is InChI=1S/C16H26N4O2S/c1-2-13-11-18-16(23-13)20-7-5-19(6-8-20)15(21)14(17)12-3-9-22-10-4-12/h11-12,14H,2-10,17H2,1H3. The third kappa shape index (κ3) is 3.84. The molecule has 128 valence electrons. The molecule has 6 nitrogen and oxygen atoms in total. The van der Waals surface area contributed by atoms with E-state index in [0.29, 0.717) is 0 Å². The highest BCUT2D eigenvalue weighted by Gasteiger charge is 2.31. The van der Waals surface area contributed by atoms with E-state index < -0.39 is 0 Å². The molecule has 2 saturated heterocycles.